The van der Waals surface area contributed by atoms with Gasteiger partial charge in [-0.25, -0.2) is 9.59 Å². The van der Waals surface area contributed by atoms with Gasteiger partial charge in [-0.3, -0.25) is 0 Å². The lowest BCUT2D eigenvalue weighted by atomic mass is 10.2. The highest BCUT2D eigenvalue weighted by Gasteiger charge is 2.08. The van der Waals surface area contributed by atoms with E-state index in [1.165, 1.54) is 0 Å². The molecule has 5 nitrogen and oxygen atoms in total. The highest BCUT2D eigenvalue weighted by atomic mass is 16.5. The lowest BCUT2D eigenvalue weighted by Crippen LogP contribution is -2.19. The van der Waals surface area contributed by atoms with Crippen molar-refractivity contribution in [1.82, 2.24) is 0 Å². The van der Waals surface area contributed by atoms with E-state index in [4.69, 9.17) is 10.5 Å². The summed E-state index contributed by atoms with van der Waals surface area (Å²) in [6.07, 6.45) is 0. The van der Waals surface area contributed by atoms with Crippen LogP contribution in [0.5, 0.6) is 5.75 Å². The van der Waals surface area contributed by atoms with Crippen LogP contribution >= 0.6 is 0 Å². The molecule has 3 N–H and O–H groups in total. The molecule has 0 saturated heterocycles. The largest absolute Gasteiger partial charge is 0.423 e. The zero-order chi connectivity index (χ0) is 14.5. The van der Waals surface area contributed by atoms with Gasteiger partial charge in [-0.15, -0.1) is 0 Å². The van der Waals surface area contributed by atoms with Crippen LogP contribution in [0.2, 0.25) is 0 Å². The summed E-state index contributed by atoms with van der Waals surface area (Å²) >= 11 is 0. The van der Waals surface area contributed by atoms with Crippen molar-refractivity contribution in [3.63, 3.8) is 0 Å². The van der Waals surface area contributed by atoms with Crippen LogP contribution in [0.3, 0.4) is 0 Å². The van der Waals surface area contributed by atoms with E-state index in [1.807, 2.05) is 19.1 Å². The first-order valence-electron chi connectivity index (χ1n) is 6.00. The number of nitrogens with two attached hydrogens (primary N) is 1. The summed E-state index contributed by atoms with van der Waals surface area (Å²) in [7, 11) is 0. The zero-order valence-electron chi connectivity index (χ0n) is 10.9. The fourth-order valence-corrected chi connectivity index (χ4v) is 1.60. The van der Waals surface area contributed by atoms with E-state index in [0.29, 0.717) is 17.0 Å². The average Bonchev–Trinajstić information content (AvgIpc) is 2.41. The van der Waals surface area contributed by atoms with Gasteiger partial charge in [-0.05, 0) is 43.3 Å². The van der Waals surface area contributed by atoms with Crippen LogP contribution in [0.25, 0.3) is 0 Å². The highest BCUT2D eigenvalue weighted by molar-refractivity contribution is 5.92. The summed E-state index contributed by atoms with van der Waals surface area (Å²) in [5.41, 5.74) is 6.99. The van der Waals surface area contributed by atoms with Gasteiger partial charge in [0.1, 0.15) is 5.75 Å². The molecule has 0 spiro atoms. The van der Waals surface area contributed by atoms with Crippen LogP contribution in [0.4, 0.5) is 10.5 Å². The molecule has 0 unspecified atom stereocenters. The van der Waals surface area contributed by atoms with Crippen molar-refractivity contribution in [1.29, 1.82) is 0 Å². The Hall–Kier alpha value is -2.82. The molecule has 0 saturated carbocycles. The SMILES string of the molecule is Cc1ccc(OC(=O)c2ccc(NC(N)=O)cc2)cc1. The third-order valence-corrected chi connectivity index (χ3v) is 2.62. The van der Waals surface area contributed by atoms with Crippen molar-refractivity contribution in [2.75, 3.05) is 5.32 Å². The first-order chi connectivity index (χ1) is 9.54. The number of hydrogen-bond acceptors (Lipinski definition) is 3. The van der Waals surface area contributed by atoms with E-state index in [0.717, 1.165) is 5.56 Å². The van der Waals surface area contributed by atoms with E-state index >= 15 is 0 Å². The number of ether oxygens (including phenoxy) is 1. The number of carbonyl (C=O) groups excluding carboxylic acids is 2. The summed E-state index contributed by atoms with van der Waals surface area (Å²) in [6.45, 7) is 1.95. The monoisotopic (exact) mass is 270 g/mol. The molecule has 0 heterocycles. The maximum absolute atomic E-state index is 11.9. The van der Waals surface area contributed by atoms with E-state index < -0.39 is 12.0 Å². The summed E-state index contributed by atoms with van der Waals surface area (Å²) in [5, 5.41) is 2.41. The third-order valence-electron chi connectivity index (χ3n) is 2.62. The van der Waals surface area contributed by atoms with Crippen molar-refractivity contribution >= 4 is 17.7 Å². The molecule has 0 aromatic heterocycles. The van der Waals surface area contributed by atoms with Gasteiger partial charge in [0.15, 0.2) is 0 Å². The molecule has 0 fully saturated rings. The number of nitrogens with one attached hydrogen (secondary N) is 1. The lowest BCUT2D eigenvalue weighted by Gasteiger charge is -2.06. The molecule has 2 amide bonds. The number of esters is 1. The Labute approximate surface area is 116 Å². The predicted molar refractivity (Wildman–Crippen MR) is 75.8 cm³/mol. The quantitative estimate of drug-likeness (QED) is 0.664. The van der Waals surface area contributed by atoms with Crippen LogP contribution in [-0.4, -0.2) is 12.0 Å². The number of rotatable bonds is 3. The highest BCUT2D eigenvalue weighted by Crippen LogP contribution is 2.15. The van der Waals surface area contributed by atoms with Gasteiger partial charge in [-0.2, -0.15) is 0 Å². The predicted octanol–water partition coefficient (Wildman–Crippen LogP) is 2.70. The second kappa shape index (κ2) is 5.88. The number of primary amides is 1. The maximum Gasteiger partial charge on any atom is 0.343 e. The Bertz CT molecular complexity index is 619. The number of amides is 2. The maximum atomic E-state index is 11.9. The van der Waals surface area contributed by atoms with E-state index in [-0.39, 0.29) is 0 Å². The summed E-state index contributed by atoms with van der Waals surface area (Å²) in [4.78, 5) is 22.6. The average molecular weight is 270 g/mol. The summed E-state index contributed by atoms with van der Waals surface area (Å²) < 4.78 is 5.23. The molecule has 5 heteroatoms. The van der Waals surface area contributed by atoms with Crippen molar-refractivity contribution < 1.29 is 14.3 Å². The molecule has 0 aliphatic heterocycles. The first kappa shape index (κ1) is 13.6. The standard InChI is InChI=1S/C15H14N2O3/c1-10-2-8-13(9-3-10)20-14(18)11-4-6-12(7-5-11)17-15(16)19/h2-9H,1H3,(H3,16,17,19). The first-order valence-corrected chi connectivity index (χ1v) is 6.00. The van der Waals surface area contributed by atoms with Crippen LogP contribution in [0, 0.1) is 6.92 Å². The molecule has 102 valence electrons. The molecule has 0 radical (unpaired) electrons. The third kappa shape index (κ3) is 3.58. The van der Waals surface area contributed by atoms with Gasteiger partial charge in [0.05, 0.1) is 5.56 Å². The smallest absolute Gasteiger partial charge is 0.343 e. The molecule has 0 aliphatic rings. The number of benzene rings is 2. The Balaban J connectivity index is 2.05. The number of carbonyl (C=O) groups is 2. The van der Waals surface area contributed by atoms with Crippen LogP contribution in [0.15, 0.2) is 48.5 Å². The molecule has 2 rings (SSSR count). The van der Waals surface area contributed by atoms with E-state index in [2.05, 4.69) is 5.32 Å². The summed E-state index contributed by atoms with van der Waals surface area (Å²) in [6, 6.07) is 12.8. The minimum atomic E-state index is -0.653. The van der Waals surface area contributed by atoms with Gasteiger partial charge < -0.3 is 15.8 Å². The second-order valence-corrected chi connectivity index (χ2v) is 4.27. The Morgan fingerprint density at radius 1 is 1.00 bits per heavy atom. The van der Waals surface area contributed by atoms with E-state index in [1.54, 1.807) is 36.4 Å². The molecular formula is C15H14N2O3. The van der Waals surface area contributed by atoms with Crippen molar-refractivity contribution in [2.24, 2.45) is 5.73 Å². The zero-order valence-corrected chi connectivity index (χ0v) is 10.9. The molecule has 0 aliphatic carbocycles. The number of anilines is 1. The molecule has 2 aromatic rings. The van der Waals surface area contributed by atoms with Crippen molar-refractivity contribution in [3.05, 3.63) is 59.7 Å². The van der Waals surface area contributed by atoms with Crippen LogP contribution in [0.1, 0.15) is 15.9 Å². The molecule has 0 bridgehead atoms. The van der Waals surface area contributed by atoms with Gasteiger partial charge >= 0.3 is 12.0 Å². The van der Waals surface area contributed by atoms with Gasteiger partial charge in [0.25, 0.3) is 0 Å². The number of hydrogen-bond donors (Lipinski definition) is 2. The minimum absolute atomic E-state index is 0.389. The Morgan fingerprint density at radius 2 is 1.60 bits per heavy atom. The topological polar surface area (TPSA) is 81.4 Å². The van der Waals surface area contributed by atoms with Crippen LogP contribution < -0.4 is 15.8 Å². The van der Waals surface area contributed by atoms with Crippen molar-refractivity contribution in [3.8, 4) is 5.75 Å². The molecular weight excluding hydrogens is 256 g/mol. The van der Waals surface area contributed by atoms with E-state index in [9.17, 15) is 9.59 Å². The summed E-state index contributed by atoms with van der Waals surface area (Å²) in [5.74, 6) is 0.0272. The fraction of sp³-hybridized carbons (Fsp3) is 0.0667. The van der Waals surface area contributed by atoms with Gasteiger partial charge in [0, 0.05) is 5.69 Å². The van der Waals surface area contributed by atoms with Gasteiger partial charge in [0.2, 0.25) is 0 Å². The Morgan fingerprint density at radius 3 is 2.15 bits per heavy atom. The fourth-order valence-electron chi connectivity index (χ4n) is 1.60. The Kier molecular flexibility index (Phi) is 4.00. The normalized spacial score (nSPS) is 9.85. The lowest BCUT2D eigenvalue weighted by molar-refractivity contribution is 0.0735. The van der Waals surface area contributed by atoms with Crippen LogP contribution in [-0.2, 0) is 0 Å². The van der Waals surface area contributed by atoms with Crippen molar-refractivity contribution in [2.45, 2.75) is 6.92 Å². The molecule has 0 atom stereocenters. The molecule has 2 aromatic carbocycles. The van der Waals surface area contributed by atoms with Gasteiger partial charge in [-0.1, -0.05) is 17.7 Å². The number of aryl methyl sites for hydroxylation is 1. The molecule has 20 heavy (non-hydrogen) atoms. The number of urea groups is 1. The second-order valence-electron chi connectivity index (χ2n) is 4.27. The minimum Gasteiger partial charge on any atom is -0.423 e.